The first-order valence-corrected chi connectivity index (χ1v) is 8.23. The van der Waals surface area contributed by atoms with Crippen LogP contribution in [-0.4, -0.2) is 26.6 Å². The Morgan fingerprint density at radius 1 is 1.21 bits per heavy atom. The van der Waals surface area contributed by atoms with Gasteiger partial charge in [0.1, 0.15) is 6.10 Å². The monoisotopic (exact) mass is 326 g/mol. The number of aromatic nitrogens is 4. The van der Waals surface area contributed by atoms with Crippen LogP contribution in [0.2, 0.25) is 0 Å². The summed E-state index contributed by atoms with van der Waals surface area (Å²) in [5.41, 5.74) is 0.411. The Hall–Kier alpha value is -2.54. The third kappa shape index (κ3) is 2.50. The lowest BCUT2D eigenvalue weighted by Gasteiger charge is -2.18. The van der Waals surface area contributed by atoms with Crippen LogP contribution in [0.4, 0.5) is 0 Å². The largest absolute Gasteiger partial charge is 0.416 e. The molecule has 1 aliphatic rings. The maximum atomic E-state index is 12.4. The van der Waals surface area contributed by atoms with E-state index in [9.17, 15) is 4.79 Å². The van der Waals surface area contributed by atoms with Gasteiger partial charge in [0.2, 0.25) is 5.89 Å². The summed E-state index contributed by atoms with van der Waals surface area (Å²) >= 11 is 0. The van der Waals surface area contributed by atoms with Crippen LogP contribution in [0, 0.1) is 0 Å². The molecule has 2 aromatic heterocycles. The fourth-order valence-corrected chi connectivity index (χ4v) is 3.00. The van der Waals surface area contributed by atoms with Crippen molar-refractivity contribution in [2.45, 2.75) is 38.8 Å². The molecule has 7 nitrogen and oxygen atoms in total. The van der Waals surface area contributed by atoms with E-state index in [2.05, 4.69) is 15.3 Å². The number of nitrogens with zero attached hydrogens (tertiary/aromatic N) is 4. The number of aryl methyl sites for hydroxylation is 1. The van der Waals surface area contributed by atoms with Gasteiger partial charge >= 0.3 is 0 Å². The van der Waals surface area contributed by atoms with Gasteiger partial charge in [0.25, 0.3) is 11.4 Å². The van der Waals surface area contributed by atoms with E-state index in [0.717, 1.165) is 19.3 Å². The molecular formula is C17H18N4O3. The van der Waals surface area contributed by atoms with Crippen LogP contribution in [0.5, 0.6) is 0 Å². The SMILES string of the molecule is CCn1nc(-c2nnc(C3CCCCO3)o2)c2ccccc2c1=O. The maximum Gasteiger partial charge on any atom is 0.274 e. The molecule has 0 N–H and O–H groups in total. The Balaban J connectivity index is 1.83. The van der Waals surface area contributed by atoms with E-state index in [-0.39, 0.29) is 11.7 Å². The van der Waals surface area contributed by atoms with E-state index in [1.54, 1.807) is 6.07 Å². The number of hydrogen-bond donors (Lipinski definition) is 0. The van der Waals surface area contributed by atoms with Crippen molar-refractivity contribution in [3.8, 4) is 11.6 Å². The molecule has 1 fully saturated rings. The molecule has 3 aromatic rings. The second-order valence-corrected chi connectivity index (χ2v) is 5.82. The highest BCUT2D eigenvalue weighted by Gasteiger charge is 2.24. The normalized spacial score (nSPS) is 18.1. The number of rotatable bonds is 3. The lowest BCUT2D eigenvalue weighted by atomic mass is 10.1. The average Bonchev–Trinajstić information content (AvgIpc) is 3.13. The van der Waals surface area contributed by atoms with Gasteiger partial charge in [-0.2, -0.15) is 5.10 Å². The van der Waals surface area contributed by atoms with Crippen molar-refractivity contribution in [1.29, 1.82) is 0 Å². The molecule has 0 spiro atoms. The lowest BCUT2D eigenvalue weighted by molar-refractivity contribution is -0.00127. The van der Waals surface area contributed by atoms with Crippen LogP contribution < -0.4 is 5.56 Å². The molecule has 0 radical (unpaired) electrons. The van der Waals surface area contributed by atoms with Crippen molar-refractivity contribution in [1.82, 2.24) is 20.0 Å². The Kier molecular flexibility index (Phi) is 3.86. The predicted molar refractivity (Wildman–Crippen MR) is 87.5 cm³/mol. The molecule has 4 rings (SSSR count). The third-order valence-corrected chi connectivity index (χ3v) is 4.27. The molecule has 1 unspecified atom stereocenters. The van der Waals surface area contributed by atoms with E-state index in [0.29, 0.717) is 41.4 Å². The average molecular weight is 326 g/mol. The molecule has 0 saturated carbocycles. The molecule has 0 aliphatic carbocycles. The zero-order valence-corrected chi connectivity index (χ0v) is 13.4. The minimum absolute atomic E-state index is 0.118. The summed E-state index contributed by atoms with van der Waals surface area (Å²) in [6.45, 7) is 3.07. The van der Waals surface area contributed by atoms with E-state index in [1.807, 2.05) is 25.1 Å². The van der Waals surface area contributed by atoms with Crippen molar-refractivity contribution >= 4 is 10.8 Å². The highest BCUT2D eigenvalue weighted by molar-refractivity contribution is 5.91. The molecule has 7 heteroatoms. The summed E-state index contributed by atoms with van der Waals surface area (Å²) < 4.78 is 12.9. The second kappa shape index (κ2) is 6.16. The van der Waals surface area contributed by atoms with Gasteiger partial charge in [-0.15, -0.1) is 10.2 Å². The molecular weight excluding hydrogens is 308 g/mol. The number of ether oxygens (including phenoxy) is 1. The molecule has 1 atom stereocenters. The fraction of sp³-hybridized carbons (Fsp3) is 0.412. The van der Waals surface area contributed by atoms with Crippen LogP contribution in [-0.2, 0) is 11.3 Å². The summed E-state index contributed by atoms with van der Waals surface area (Å²) in [7, 11) is 0. The molecule has 1 aliphatic heterocycles. The number of fused-ring (bicyclic) bond motifs is 1. The molecule has 1 saturated heterocycles. The van der Waals surface area contributed by atoms with E-state index in [4.69, 9.17) is 9.15 Å². The molecule has 0 amide bonds. The van der Waals surface area contributed by atoms with Gasteiger partial charge in [-0.25, -0.2) is 4.68 Å². The topological polar surface area (TPSA) is 83.0 Å². The molecule has 3 heterocycles. The van der Waals surface area contributed by atoms with Gasteiger partial charge < -0.3 is 9.15 Å². The first-order valence-electron chi connectivity index (χ1n) is 8.23. The Bertz CT molecular complexity index is 925. The van der Waals surface area contributed by atoms with Crippen LogP contribution in [0.3, 0.4) is 0 Å². The zero-order chi connectivity index (χ0) is 16.5. The van der Waals surface area contributed by atoms with Crippen molar-refractivity contribution in [3.05, 3.63) is 40.5 Å². The van der Waals surface area contributed by atoms with E-state index >= 15 is 0 Å². The van der Waals surface area contributed by atoms with Crippen LogP contribution in [0.25, 0.3) is 22.4 Å². The van der Waals surface area contributed by atoms with Gasteiger partial charge in [0, 0.05) is 18.5 Å². The lowest BCUT2D eigenvalue weighted by Crippen LogP contribution is -2.22. The standard InChI is InChI=1S/C17H18N4O3/c1-2-21-17(22)12-8-4-3-7-11(12)14(20-21)16-19-18-15(24-16)13-9-5-6-10-23-13/h3-4,7-8,13H,2,5-6,9-10H2,1H3. The van der Waals surface area contributed by atoms with Crippen molar-refractivity contribution < 1.29 is 9.15 Å². The zero-order valence-electron chi connectivity index (χ0n) is 13.4. The Labute approximate surface area is 138 Å². The van der Waals surface area contributed by atoms with Gasteiger partial charge in [-0.05, 0) is 32.3 Å². The minimum atomic E-state index is -0.150. The Morgan fingerprint density at radius 2 is 2.04 bits per heavy atom. The maximum absolute atomic E-state index is 12.4. The third-order valence-electron chi connectivity index (χ3n) is 4.27. The van der Waals surface area contributed by atoms with Gasteiger partial charge in [-0.3, -0.25) is 4.79 Å². The van der Waals surface area contributed by atoms with Gasteiger partial charge in [0.05, 0.1) is 5.39 Å². The van der Waals surface area contributed by atoms with Crippen molar-refractivity contribution in [3.63, 3.8) is 0 Å². The first kappa shape index (κ1) is 15.0. The molecule has 124 valence electrons. The van der Waals surface area contributed by atoms with Crippen LogP contribution >= 0.6 is 0 Å². The first-order chi connectivity index (χ1) is 11.8. The summed E-state index contributed by atoms with van der Waals surface area (Å²) in [5, 5.41) is 14.0. The smallest absolute Gasteiger partial charge is 0.274 e. The molecule has 24 heavy (non-hydrogen) atoms. The van der Waals surface area contributed by atoms with Gasteiger partial charge in [-0.1, -0.05) is 18.2 Å². The second-order valence-electron chi connectivity index (χ2n) is 5.82. The fourth-order valence-electron chi connectivity index (χ4n) is 3.00. The number of hydrogen-bond acceptors (Lipinski definition) is 6. The summed E-state index contributed by atoms with van der Waals surface area (Å²) in [5.74, 6) is 0.794. The predicted octanol–water partition coefficient (Wildman–Crippen LogP) is 2.71. The summed E-state index contributed by atoms with van der Waals surface area (Å²) in [4.78, 5) is 12.4. The van der Waals surface area contributed by atoms with E-state index in [1.165, 1.54) is 4.68 Å². The minimum Gasteiger partial charge on any atom is -0.416 e. The summed E-state index contributed by atoms with van der Waals surface area (Å²) in [6, 6.07) is 7.34. The number of benzene rings is 1. The molecule has 1 aromatic carbocycles. The van der Waals surface area contributed by atoms with Gasteiger partial charge in [0.15, 0.2) is 5.69 Å². The highest BCUT2D eigenvalue weighted by Crippen LogP contribution is 2.30. The van der Waals surface area contributed by atoms with E-state index < -0.39 is 0 Å². The Morgan fingerprint density at radius 3 is 2.79 bits per heavy atom. The van der Waals surface area contributed by atoms with Crippen LogP contribution in [0.15, 0.2) is 33.5 Å². The summed E-state index contributed by atoms with van der Waals surface area (Å²) in [6.07, 6.45) is 2.88. The molecule has 0 bridgehead atoms. The van der Waals surface area contributed by atoms with Crippen molar-refractivity contribution in [2.75, 3.05) is 6.61 Å². The highest BCUT2D eigenvalue weighted by atomic mass is 16.5. The van der Waals surface area contributed by atoms with Crippen LogP contribution in [0.1, 0.15) is 38.2 Å². The quantitative estimate of drug-likeness (QED) is 0.736. The van der Waals surface area contributed by atoms with Crippen molar-refractivity contribution in [2.24, 2.45) is 0 Å².